The van der Waals surface area contributed by atoms with Crippen LogP contribution in [0.1, 0.15) is 36.9 Å². The Labute approximate surface area is 122 Å². The first-order chi connectivity index (χ1) is 10.3. The van der Waals surface area contributed by atoms with E-state index in [1.165, 1.54) is 30.3 Å². The smallest absolute Gasteiger partial charge is 0.254 e. The highest BCUT2D eigenvalue weighted by molar-refractivity contribution is 5.78. The van der Waals surface area contributed by atoms with Gasteiger partial charge in [-0.3, -0.25) is 14.4 Å². The molecular formula is C14H18N6O. The van der Waals surface area contributed by atoms with Crippen molar-refractivity contribution >= 4 is 5.91 Å². The number of hydrogen-bond acceptors (Lipinski definition) is 5. The molecule has 0 atom stereocenters. The number of carbonyl (C=O) groups is 1. The molecule has 0 unspecified atom stereocenters. The van der Waals surface area contributed by atoms with E-state index in [9.17, 15) is 4.79 Å². The number of aromatic nitrogens is 5. The Balaban J connectivity index is 1.84. The minimum absolute atomic E-state index is 0.0996. The van der Waals surface area contributed by atoms with Gasteiger partial charge in [0.15, 0.2) is 0 Å². The van der Waals surface area contributed by atoms with Crippen LogP contribution in [-0.4, -0.2) is 36.7 Å². The highest BCUT2D eigenvalue weighted by Gasteiger charge is 2.13. The van der Waals surface area contributed by atoms with Gasteiger partial charge in [-0.1, -0.05) is 25.3 Å². The monoisotopic (exact) mass is 286 g/mol. The summed E-state index contributed by atoms with van der Waals surface area (Å²) >= 11 is 0. The van der Waals surface area contributed by atoms with Crippen LogP contribution in [0.5, 0.6) is 0 Å². The van der Waals surface area contributed by atoms with Crippen LogP contribution in [0.15, 0.2) is 35.7 Å². The van der Waals surface area contributed by atoms with Crippen molar-refractivity contribution in [3.05, 3.63) is 36.2 Å². The maximum absolute atomic E-state index is 12.4. The van der Waals surface area contributed by atoms with Crippen molar-refractivity contribution in [3.8, 4) is 0 Å². The van der Waals surface area contributed by atoms with Crippen molar-refractivity contribution < 1.29 is 4.79 Å². The van der Waals surface area contributed by atoms with E-state index in [2.05, 4.69) is 15.5 Å². The first-order valence-electron chi connectivity index (χ1n) is 7.28. The lowest BCUT2D eigenvalue weighted by Gasteiger charge is -2.17. The molecule has 0 amide bonds. The zero-order valence-corrected chi connectivity index (χ0v) is 11.8. The molecule has 0 radical (unpaired) electrons. The molecule has 1 fully saturated rings. The molecule has 3 rings (SSSR count). The van der Waals surface area contributed by atoms with E-state index in [0.717, 1.165) is 12.8 Å². The molecule has 110 valence electrons. The first kappa shape index (κ1) is 13.7. The summed E-state index contributed by atoms with van der Waals surface area (Å²) in [5.74, 6) is -0.0996. The summed E-state index contributed by atoms with van der Waals surface area (Å²) in [7, 11) is 0. The Morgan fingerprint density at radius 1 is 1.29 bits per heavy atom. The second kappa shape index (κ2) is 6.43. The summed E-state index contributed by atoms with van der Waals surface area (Å²) in [5, 5.41) is 10.8. The van der Waals surface area contributed by atoms with E-state index in [-0.39, 0.29) is 12.5 Å². The summed E-state index contributed by atoms with van der Waals surface area (Å²) in [6, 6.07) is 5.94. The van der Waals surface area contributed by atoms with E-state index in [4.69, 9.17) is 4.99 Å². The van der Waals surface area contributed by atoms with Crippen LogP contribution in [-0.2, 0) is 6.54 Å². The van der Waals surface area contributed by atoms with E-state index in [1.807, 2.05) is 18.2 Å². The van der Waals surface area contributed by atoms with Crippen LogP contribution >= 0.6 is 0 Å². The lowest BCUT2D eigenvalue weighted by molar-refractivity contribution is 0.0879. The molecule has 2 heterocycles. The number of tetrazole rings is 1. The lowest BCUT2D eigenvalue weighted by Crippen LogP contribution is -2.31. The molecule has 0 spiro atoms. The molecule has 21 heavy (non-hydrogen) atoms. The molecule has 0 aromatic carbocycles. The highest BCUT2D eigenvalue weighted by Crippen LogP contribution is 2.19. The third-order valence-electron chi connectivity index (χ3n) is 3.69. The first-order valence-corrected chi connectivity index (χ1v) is 7.28. The minimum Gasteiger partial charge on any atom is -0.272 e. The molecule has 1 aliphatic carbocycles. The Kier molecular flexibility index (Phi) is 4.18. The van der Waals surface area contributed by atoms with Gasteiger partial charge in [-0.2, -0.15) is 0 Å². The standard InChI is InChI=1S/C14H18N6O/c21-14(10-19-11-15-17-18-19)20-9-5-4-8-13(20)16-12-6-2-1-3-7-12/h4-5,8-9,11-12H,1-3,6-7,10H2. The van der Waals surface area contributed by atoms with E-state index in [0.29, 0.717) is 11.5 Å². The number of nitrogens with zero attached hydrogens (tertiary/aromatic N) is 6. The van der Waals surface area contributed by atoms with Crippen LogP contribution in [0, 0.1) is 0 Å². The second-order valence-electron chi connectivity index (χ2n) is 5.25. The quantitative estimate of drug-likeness (QED) is 0.845. The average molecular weight is 286 g/mol. The van der Waals surface area contributed by atoms with Crippen molar-refractivity contribution in [1.82, 2.24) is 24.8 Å². The van der Waals surface area contributed by atoms with Gasteiger partial charge < -0.3 is 0 Å². The lowest BCUT2D eigenvalue weighted by atomic mass is 9.96. The predicted molar refractivity (Wildman–Crippen MR) is 75.3 cm³/mol. The summed E-state index contributed by atoms with van der Waals surface area (Å²) in [4.78, 5) is 17.1. The van der Waals surface area contributed by atoms with Crippen LogP contribution in [0.25, 0.3) is 0 Å². The number of carbonyl (C=O) groups excluding carboxylic acids is 1. The summed E-state index contributed by atoms with van der Waals surface area (Å²) < 4.78 is 2.99. The molecule has 7 heteroatoms. The SMILES string of the molecule is O=C(Cn1cnnn1)n1ccccc1=NC1CCCCC1. The van der Waals surface area contributed by atoms with Gasteiger partial charge in [-0.15, -0.1) is 5.10 Å². The van der Waals surface area contributed by atoms with Gasteiger partial charge in [0.05, 0.1) is 6.04 Å². The molecule has 2 aromatic rings. The number of rotatable bonds is 3. The topological polar surface area (TPSA) is 78.0 Å². The molecular weight excluding hydrogens is 268 g/mol. The normalized spacial score (nSPS) is 17.0. The Hall–Kier alpha value is -2.31. The fourth-order valence-electron chi connectivity index (χ4n) is 2.61. The molecule has 0 bridgehead atoms. The van der Waals surface area contributed by atoms with Crippen LogP contribution in [0.2, 0.25) is 0 Å². The van der Waals surface area contributed by atoms with Crippen molar-refractivity contribution in [2.24, 2.45) is 4.99 Å². The van der Waals surface area contributed by atoms with Gasteiger partial charge in [0.2, 0.25) is 0 Å². The maximum atomic E-state index is 12.4. The third-order valence-corrected chi connectivity index (χ3v) is 3.69. The molecule has 2 aromatic heterocycles. The molecule has 0 aliphatic heterocycles. The van der Waals surface area contributed by atoms with Crippen LogP contribution in [0.3, 0.4) is 0 Å². The zero-order chi connectivity index (χ0) is 14.5. The molecule has 1 saturated carbocycles. The van der Waals surface area contributed by atoms with Gasteiger partial charge in [-0.25, -0.2) is 4.68 Å². The fraction of sp³-hybridized carbons (Fsp3) is 0.500. The van der Waals surface area contributed by atoms with Gasteiger partial charge in [0, 0.05) is 6.20 Å². The van der Waals surface area contributed by atoms with Crippen molar-refractivity contribution in [2.75, 3.05) is 0 Å². The molecule has 0 saturated heterocycles. The summed E-state index contributed by atoms with van der Waals surface area (Å²) in [5.41, 5.74) is 0.711. The third kappa shape index (κ3) is 3.42. The Morgan fingerprint density at radius 2 is 2.14 bits per heavy atom. The Morgan fingerprint density at radius 3 is 2.90 bits per heavy atom. The van der Waals surface area contributed by atoms with Crippen LogP contribution in [0.4, 0.5) is 0 Å². The second-order valence-corrected chi connectivity index (χ2v) is 5.25. The molecule has 0 N–H and O–H groups in total. The fourth-order valence-corrected chi connectivity index (χ4v) is 2.61. The maximum Gasteiger partial charge on any atom is 0.254 e. The Bertz CT molecular complexity index is 654. The van der Waals surface area contributed by atoms with Crippen molar-refractivity contribution in [3.63, 3.8) is 0 Å². The largest absolute Gasteiger partial charge is 0.272 e. The predicted octanol–water partition coefficient (Wildman–Crippen LogP) is 1.05. The highest BCUT2D eigenvalue weighted by atomic mass is 16.2. The van der Waals surface area contributed by atoms with E-state index >= 15 is 0 Å². The van der Waals surface area contributed by atoms with Crippen LogP contribution < -0.4 is 5.49 Å². The van der Waals surface area contributed by atoms with Crippen molar-refractivity contribution in [1.29, 1.82) is 0 Å². The van der Waals surface area contributed by atoms with Gasteiger partial charge in [0.1, 0.15) is 18.4 Å². The molecule has 7 nitrogen and oxygen atoms in total. The number of pyridine rings is 1. The molecule has 1 aliphatic rings. The van der Waals surface area contributed by atoms with Gasteiger partial charge >= 0.3 is 0 Å². The minimum atomic E-state index is -0.0996. The van der Waals surface area contributed by atoms with Gasteiger partial charge in [-0.05, 0) is 35.4 Å². The summed E-state index contributed by atoms with van der Waals surface area (Å²) in [6.45, 7) is 0.106. The summed E-state index contributed by atoms with van der Waals surface area (Å²) in [6.07, 6.45) is 9.12. The van der Waals surface area contributed by atoms with E-state index in [1.54, 1.807) is 10.8 Å². The van der Waals surface area contributed by atoms with E-state index < -0.39 is 0 Å². The average Bonchev–Trinajstić information content (AvgIpc) is 3.02. The number of hydrogen-bond donors (Lipinski definition) is 0. The zero-order valence-electron chi connectivity index (χ0n) is 11.8. The van der Waals surface area contributed by atoms with Crippen molar-refractivity contribution in [2.45, 2.75) is 44.7 Å². The van der Waals surface area contributed by atoms with Gasteiger partial charge in [0.25, 0.3) is 5.91 Å².